The van der Waals surface area contributed by atoms with Crippen LogP contribution < -0.4 is 0 Å². The number of amides is 1. The Morgan fingerprint density at radius 1 is 1.07 bits per heavy atom. The minimum absolute atomic E-state index is 0.0244. The fourth-order valence-electron chi connectivity index (χ4n) is 3.41. The average molecular weight is 435 g/mol. The van der Waals surface area contributed by atoms with E-state index in [1.165, 1.54) is 4.68 Å². The van der Waals surface area contributed by atoms with Crippen molar-refractivity contribution in [1.29, 1.82) is 0 Å². The van der Waals surface area contributed by atoms with Crippen LogP contribution in [-0.2, 0) is 17.1 Å². The second-order valence-electron chi connectivity index (χ2n) is 6.80. The lowest BCUT2D eigenvalue weighted by Gasteiger charge is -2.21. The zero-order valence-electron chi connectivity index (χ0n) is 17.0. The molecule has 0 spiro atoms. The van der Waals surface area contributed by atoms with Crippen molar-refractivity contribution in [3.8, 4) is 5.69 Å². The molecule has 3 rings (SSSR count). The lowest BCUT2D eigenvalue weighted by Crippen LogP contribution is -2.37. The highest BCUT2D eigenvalue weighted by Gasteiger charge is 2.34. The van der Waals surface area contributed by atoms with Crippen LogP contribution in [-0.4, -0.2) is 39.5 Å². The van der Waals surface area contributed by atoms with Crippen molar-refractivity contribution in [1.82, 2.24) is 18.7 Å². The van der Waals surface area contributed by atoms with Gasteiger partial charge in [-0.05, 0) is 64.1 Å². The van der Waals surface area contributed by atoms with Crippen LogP contribution in [0.3, 0.4) is 0 Å². The van der Waals surface area contributed by atoms with Crippen LogP contribution in [0.1, 0.15) is 34.4 Å². The Kier molecular flexibility index (Phi) is 5.60. The highest BCUT2D eigenvalue weighted by atomic mass is 35.5. The first kappa shape index (κ1) is 21.1. The number of nitrogens with zero attached hydrogens (tertiary/aromatic N) is 4. The molecular formula is C20H23ClN4O3S. The van der Waals surface area contributed by atoms with E-state index < -0.39 is 15.9 Å². The van der Waals surface area contributed by atoms with Crippen LogP contribution in [0.25, 0.3) is 5.69 Å². The van der Waals surface area contributed by atoms with Crippen molar-refractivity contribution in [2.75, 3.05) is 6.54 Å². The Hall–Kier alpha value is -2.58. The van der Waals surface area contributed by atoms with Crippen LogP contribution in [0.5, 0.6) is 0 Å². The van der Waals surface area contributed by atoms with Crippen LogP contribution in [0.2, 0.25) is 5.15 Å². The van der Waals surface area contributed by atoms with Gasteiger partial charge in [-0.1, -0.05) is 11.6 Å². The van der Waals surface area contributed by atoms with E-state index >= 15 is 0 Å². The quantitative estimate of drug-likeness (QED) is 0.614. The van der Waals surface area contributed by atoms with Crippen LogP contribution in [0.15, 0.2) is 41.3 Å². The normalized spacial score (nSPS) is 11.7. The molecule has 29 heavy (non-hydrogen) atoms. The van der Waals surface area contributed by atoms with Crippen molar-refractivity contribution >= 4 is 27.5 Å². The fourth-order valence-corrected chi connectivity index (χ4v) is 5.52. The van der Waals surface area contributed by atoms with Gasteiger partial charge >= 0.3 is 0 Å². The molecule has 0 saturated heterocycles. The molecule has 3 aromatic rings. The van der Waals surface area contributed by atoms with E-state index in [1.54, 1.807) is 45.2 Å². The number of hydrogen-bond donors (Lipinski definition) is 0. The number of sulfonamides is 1. The SMILES string of the molecule is CCN(C(=O)c1ccc(-n2c(C)ccc2C)cc1)S(=O)(=O)c1c(C)nn(C)c1Cl. The van der Waals surface area contributed by atoms with Gasteiger partial charge < -0.3 is 4.57 Å². The van der Waals surface area contributed by atoms with Gasteiger partial charge in [0.05, 0.1) is 5.69 Å². The van der Waals surface area contributed by atoms with Crippen molar-refractivity contribution in [2.45, 2.75) is 32.6 Å². The van der Waals surface area contributed by atoms with E-state index in [9.17, 15) is 13.2 Å². The first-order valence-electron chi connectivity index (χ1n) is 9.11. The summed E-state index contributed by atoms with van der Waals surface area (Å²) in [6.45, 7) is 7.13. The average Bonchev–Trinajstić information content (AvgIpc) is 3.13. The summed E-state index contributed by atoms with van der Waals surface area (Å²) in [5.41, 5.74) is 3.57. The molecule has 9 heteroatoms. The molecule has 0 aliphatic rings. The molecule has 0 saturated carbocycles. The van der Waals surface area contributed by atoms with Crippen molar-refractivity contribution in [2.24, 2.45) is 7.05 Å². The third-order valence-corrected chi connectivity index (χ3v) is 7.36. The molecule has 0 aliphatic heterocycles. The number of carbonyl (C=O) groups is 1. The Labute approximate surface area is 175 Å². The van der Waals surface area contributed by atoms with Crippen LogP contribution in [0.4, 0.5) is 0 Å². The van der Waals surface area contributed by atoms with Gasteiger partial charge in [-0.15, -0.1) is 0 Å². The maximum Gasteiger partial charge on any atom is 0.271 e. The molecule has 1 amide bonds. The maximum atomic E-state index is 13.1. The number of aryl methyl sites for hydroxylation is 4. The largest absolute Gasteiger partial charge is 0.319 e. The maximum absolute atomic E-state index is 13.1. The van der Waals surface area contributed by atoms with Crippen molar-refractivity contribution < 1.29 is 13.2 Å². The fraction of sp³-hybridized carbons (Fsp3) is 0.300. The van der Waals surface area contributed by atoms with E-state index in [-0.39, 0.29) is 27.9 Å². The topological polar surface area (TPSA) is 77.2 Å². The van der Waals surface area contributed by atoms with E-state index in [4.69, 9.17) is 11.6 Å². The molecule has 1 aromatic carbocycles. The number of rotatable bonds is 5. The van der Waals surface area contributed by atoms with E-state index in [0.717, 1.165) is 21.4 Å². The first-order valence-corrected chi connectivity index (χ1v) is 10.9. The molecule has 0 unspecified atom stereocenters. The lowest BCUT2D eigenvalue weighted by molar-refractivity contribution is 0.0866. The molecule has 0 bridgehead atoms. The van der Waals surface area contributed by atoms with Gasteiger partial charge in [0.1, 0.15) is 10.0 Å². The summed E-state index contributed by atoms with van der Waals surface area (Å²) in [6.07, 6.45) is 0. The number of benzene rings is 1. The van der Waals surface area contributed by atoms with Gasteiger partial charge in [0.2, 0.25) is 0 Å². The van der Waals surface area contributed by atoms with Crippen LogP contribution in [0, 0.1) is 20.8 Å². The monoisotopic (exact) mass is 434 g/mol. The van der Waals surface area contributed by atoms with Gasteiger partial charge in [0, 0.05) is 36.2 Å². The molecule has 0 fully saturated rings. The summed E-state index contributed by atoms with van der Waals surface area (Å²) in [4.78, 5) is 12.9. The molecule has 2 aromatic heterocycles. The Bertz CT molecular complexity index is 1160. The number of aromatic nitrogens is 3. The third-order valence-electron chi connectivity index (χ3n) is 4.81. The Balaban J connectivity index is 1.98. The number of halogens is 1. The van der Waals surface area contributed by atoms with Gasteiger partial charge in [0.15, 0.2) is 0 Å². The Morgan fingerprint density at radius 2 is 1.62 bits per heavy atom. The molecule has 0 aliphatic carbocycles. The molecule has 0 atom stereocenters. The molecule has 154 valence electrons. The van der Waals surface area contributed by atoms with Crippen LogP contribution >= 0.6 is 11.6 Å². The minimum Gasteiger partial charge on any atom is -0.319 e. The third kappa shape index (κ3) is 3.58. The lowest BCUT2D eigenvalue weighted by atomic mass is 10.2. The van der Waals surface area contributed by atoms with Gasteiger partial charge in [0.25, 0.3) is 15.9 Å². The molecule has 0 radical (unpaired) electrons. The summed E-state index contributed by atoms with van der Waals surface area (Å²) >= 11 is 6.14. The predicted molar refractivity (Wildman–Crippen MR) is 112 cm³/mol. The number of carbonyl (C=O) groups excluding carboxylic acids is 1. The molecule has 2 heterocycles. The smallest absolute Gasteiger partial charge is 0.271 e. The zero-order valence-corrected chi connectivity index (χ0v) is 18.5. The molecular weight excluding hydrogens is 412 g/mol. The highest BCUT2D eigenvalue weighted by Crippen LogP contribution is 2.28. The highest BCUT2D eigenvalue weighted by molar-refractivity contribution is 7.89. The van der Waals surface area contributed by atoms with Crippen molar-refractivity contribution in [3.63, 3.8) is 0 Å². The van der Waals surface area contributed by atoms with Crippen molar-refractivity contribution in [3.05, 3.63) is 64.2 Å². The summed E-state index contributed by atoms with van der Waals surface area (Å²) in [6, 6.07) is 10.9. The summed E-state index contributed by atoms with van der Waals surface area (Å²) < 4.78 is 30.4. The van der Waals surface area contributed by atoms with Gasteiger partial charge in [-0.2, -0.15) is 5.10 Å². The summed E-state index contributed by atoms with van der Waals surface area (Å²) in [7, 11) is -2.59. The first-order chi connectivity index (χ1) is 13.6. The van der Waals surface area contributed by atoms with Gasteiger partial charge in [-0.3, -0.25) is 9.48 Å². The Morgan fingerprint density at radius 3 is 2.07 bits per heavy atom. The summed E-state index contributed by atoms with van der Waals surface area (Å²) in [5, 5.41) is 4.02. The second-order valence-corrected chi connectivity index (χ2v) is 8.96. The summed E-state index contributed by atoms with van der Waals surface area (Å²) in [5.74, 6) is -0.612. The standard InChI is InChI=1S/C20H23ClN4O3S/c1-6-24(29(27,28)18-15(4)22-23(5)19(18)21)20(26)16-9-11-17(12-10-16)25-13(2)7-8-14(25)3/h7-12H,6H2,1-5H3. The van der Waals surface area contributed by atoms with E-state index in [2.05, 4.69) is 9.67 Å². The van der Waals surface area contributed by atoms with E-state index in [1.807, 2.05) is 26.0 Å². The number of hydrogen-bond acceptors (Lipinski definition) is 4. The van der Waals surface area contributed by atoms with Gasteiger partial charge in [-0.25, -0.2) is 12.7 Å². The second kappa shape index (κ2) is 7.68. The predicted octanol–water partition coefficient (Wildman–Crippen LogP) is 3.64. The van der Waals surface area contributed by atoms with E-state index in [0.29, 0.717) is 0 Å². The minimum atomic E-state index is -4.14. The molecule has 0 N–H and O–H groups in total. The zero-order chi connectivity index (χ0) is 21.5. The molecule has 7 nitrogen and oxygen atoms in total.